The highest BCUT2D eigenvalue weighted by Gasteiger charge is 2.19. The monoisotopic (exact) mass is 357 g/mol. The fourth-order valence-electron chi connectivity index (χ4n) is 2.09. The molecule has 1 atom stereocenters. The van der Waals surface area contributed by atoms with Crippen molar-refractivity contribution in [3.63, 3.8) is 0 Å². The summed E-state index contributed by atoms with van der Waals surface area (Å²) in [6, 6.07) is 12.3. The zero-order chi connectivity index (χ0) is 16.3. The minimum absolute atomic E-state index is 0.248. The Hall–Kier alpha value is -1.07. The molecule has 0 radical (unpaired) electrons. The van der Waals surface area contributed by atoms with E-state index in [9.17, 15) is 8.42 Å². The summed E-state index contributed by atoms with van der Waals surface area (Å²) >= 11 is 12.1. The average Bonchev–Trinajstić information content (AvgIpc) is 2.43. The van der Waals surface area contributed by atoms with Crippen LogP contribution in [0.3, 0.4) is 0 Å². The maximum atomic E-state index is 12.3. The molecule has 0 amide bonds. The standard InChI is InChI=1S/C16H17Cl2NO2S/c1-11-6-8-13(9-7-11)12(2)19-22(20,21)10-14-15(17)4-3-5-16(14)18/h3-9,12,19H,10H2,1-2H3/t12-/m1/s1. The number of sulfonamides is 1. The Morgan fingerprint density at radius 2 is 1.59 bits per heavy atom. The van der Waals surface area contributed by atoms with Gasteiger partial charge in [-0.15, -0.1) is 0 Å². The summed E-state index contributed by atoms with van der Waals surface area (Å²) in [4.78, 5) is 0. The van der Waals surface area contributed by atoms with Crippen molar-refractivity contribution in [2.45, 2.75) is 25.6 Å². The molecule has 0 heterocycles. The van der Waals surface area contributed by atoms with Crippen molar-refractivity contribution < 1.29 is 8.42 Å². The van der Waals surface area contributed by atoms with Crippen LogP contribution in [0.4, 0.5) is 0 Å². The molecule has 6 heteroatoms. The minimum atomic E-state index is -3.56. The first-order valence-electron chi connectivity index (χ1n) is 6.78. The molecule has 0 spiro atoms. The molecule has 2 aromatic carbocycles. The predicted molar refractivity (Wildman–Crippen MR) is 91.8 cm³/mol. The maximum absolute atomic E-state index is 12.3. The molecule has 3 nitrogen and oxygen atoms in total. The number of hydrogen-bond acceptors (Lipinski definition) is 2. The normalized spacial score (nSPS) is 13.1. The second-order valence-corrected chi connectivity index (χ2v) is 7.78. The van der Waals surface area contributed by atoms with Gasteiger partial charge < -0.3 is 0 Å². The molecule has 0 unspecified atom stereocenters. The smallest absolute Gasteiger partial charge is 0.212 e. The van der Waals surface area contributed by atoms with Crippen LogP contribution in [0.15, 0.2) is 42.5 Å². The number of benzene rings is 2. The third-order valence-electron chi connectivity index (χ3n) is 3.33. The van der Waals surface area contributed by atoms with Gasteiger partial charge in [0.15, 0.2) is 0 Å². The fourth-order valence-corrected chi connectivity index (χ4v) is 4.23. The molecule has 0 aliphatic rings. The highest BCUT2D eigenvalue weighted by Crippen LogP contribution is 2.26. The highest BCUT2D eigenvalue weighted by atomic mass is 35.5. The van der Waals surface area contributed by atoms with Crippen LogP contribution in [0.1, 0.15) is 29.7 Å². The third kappa shape index (κ3) is 4.46. The first-order chi connectivity index (χ1) is 10.3. The van der Waals surface area contributed by atoms with Gasteiger partial charge in [0.1, 0.15) is 0 Å². The molecule has 0 aromatic heterocycles. The molecule has 2 aromatic rings. The summed E-state index contributed by atoms with van der Waals surface area (Å²) < 4.78 is 27.3. The lowest BCUT2D eigenvalue weighted by Crippen LogP contribution is -2.28. The van der Waals surface area contributed by atoms with Crippen molar-refractivity contribution in [3.05, 3.63) is 69.2 Å². The van der Waals surface area contributed by atoms with Crippen molar-refractivity contribution in [2.24, 2.45) is 0 Å². The number of halogens is 2. The first-order valence-corrected chi connectivity index (χ1v) is 9.19. The van der Waals surface area contributed by atoms with Crippen LogP contribution < -0.4 is 4.72 Å². The van der Waals surface area contributed by atoms with Crippen LogP contribution in [0.25, 0.3) is 0 Å². The lowest BCUT2D eigenvalue weighted by atomic mass is 10.1. The summed E-state index contributed by atoms with van der Waals surface area (Å²) in [7, 11) is -3.56. The average molecular weight is 358 g/mol. The predicted octanol–water partition coefficient (Wildman–Crippen LogP) is 4.48. The van der Waals surface area contributed by atoms with E-state index in [1.54, 1.807) is 25.1 Å². The van der Waals surface area contributed by atoms with Crippen LogP contribution in [0, 0.1) is 6.92 Å². The van der Waals surface area contributed by atoms with Gasteiger partial charge in [-0.2, -0.15) is 0 Å². The Bertz CT molecular complexity index is 738. The summed E-state index contributed by atoms with van der Waals surface area (Å²) in [6.45, 7) is 3.79. The van der Waals surface area contributed by atoms with Gasteiger partial charge in [0.25, 0.3) is 0 Å². The zero-order valence-electron chi connectivity index (χ0n) is 12.3. The van der Waals surface area contributed by atoms with E-state index in [1.165, 1.54) is 0 Å². The molecule has 0 aliphatic heterocycles. The van der Waals surface area contributed by atoms with Crippen molar-refractivity contribution in [1.82, 2.24) is 4.72 Å². The highest BCUT2D eigenvalue weighted by molar-refractivity contribution is 7.88. The van der Waals surface area contributed by atoms with E-state index in [-0.39, 0.29) is 11.8 Å². The summed E-state index contributed by atoms with van der Waals surface area (Å²) in [6.07, 6.45) is 0. The van der Waals surface area contributed by atoms with E-state index in [0.717, 1.165) is 11.1 Å². The maximum Gasteiger partial charge on any atom is 0.216 e. The first kappa shape index (κ1) is 17.3. The van der Waals surface area contributed by atoms with Gasteiger partial charge in [0.2, 0.25) is 10.0 Å². The fraction of sp³-hybridized carbons (Fsp3) is 0.250. The van der Waals surface area contributed by atoms with Gasteiger partial charge in [-0.25, -0.2) is 13.1 Å². The van der Waals surface area contributed by atoms with Gasteiger partial charge >= 0.3 is 0 Å². The molecular formula is C16H17Cl2NO2S. The molecule has 2 rings (SSSR count). The summed E-state index contributed by atoms with van der Waals surface area (Å²) in [5, 5.41) is 0.696. The van der Waals surface area contributed by atoms with Gasteiger partial charge in [-0.05, 0) is 31.5 Å². The van der Waals surface area contributed by atoms with E-state index >= 15 is 0 Å². The molecular weight excluding hydrogens is 341 g/mol. The topological polar surface area (TPSA) is 46.2 Å². The number of hydrogen-bond donors (Lipinski definition) is 1. The molecule has 0 bridgehead atoms. The van der Waals surface area contributed by atoms with E-state index in [1.807, 2.05) is 31.2 Å². The molecule has 22 heavy (non-hydrogen) atoms. The van der Waals surface area contributed by atoms with E-state index < -0.39 is 10.0 Å². The SMILES string of the molecule is Cc1ccc([C@@H](C)NS(=O)(=O)Cc2c(Cl)cccc2Cl)cc1. The Morgan fingerprint density at radius 3 is 2.14 bits per heavy atom. The summed E-state index contributed by atoms with van der Waals surface area (Å²) in [5.74, 6) is -0.248. The number of rotatable bonds is 5. The summed E-state index contributed by atoms with van der Waals surface area (Å²) in [5.41, 5.74) is 2.44. The zero-order valence-corrected chi connectivity index (χ0v) is 14.6. The van der Waals surface area contributed by atoms with Crippen LogP contribution in [-0.4, -0.2) is 8.42 Å². The van der Waals surface area contributed by atoms with Gasteiger partial charge in [0, 0.05) is 21.7 Å². The lowest BCUT2D eigenvalue weighted by molar-refractivity contribution is 0.566. The Kier molecular flexibility index (Phi) is 5.50. The Balaban J connectivity index is 2.16. The molecule has 1 N–H and O–H groups in total. The molecule has 0 fully saturated rings. The van der Waals surface area contributed by atoms with Crippen LogP contribution in [0.5, 0.6) is 0 Å². The minimum Gasteiger partial charge on any atom is -0.212 e. The van der Waals surface area contributed by atoms with E-state index in [0.29, 0.717) is 15.6 Å². The van der Waals surface area contributed by atoms with Gasteiger partial charge in [0.05, 0.1) is 5.75 Å². The largest absolute Gasteiger partial charge is 0.216 e. The second kappa shape index (κ2) is 7.01. The van der Waals surface area contributed by atoms with Crippen molar-refractivity contribution in [1.29, 1.82) is 0 Å². The lowest BCUT2D eigenvalue weighted by Gasteiger charge is -2.16. The third-order valence-corrected chi connectivity index (χ3v) is 5.42. The van der Waals surface area contributed by atoms with Crippen LogP contribution >= 0.6 is 23.2 Å². The Morgan fingerprint density at radius 1 is 1.05 bits per heavy atom. The van der Waals surface area contributed by atoms with E-state index in [2.05, 4.69) is 4.72 Å². The molecule has 0 aliphatic carbocycles. The van der Waals surface area contributed by atoms with Crippen molar-refractivity contribution >= 4 is 33.2 Å². The van der Waals surface area contributed by atoms with Crippen molar-refractivity contribution in [2.75, 3.05) is 0 Å². The number of aryl methyl sites for hydroxylation is 1. The van der Waals surface area contributed by atoms with Crippen molar-refractivity contribution in [3.8, 4) is 0 Å². The molecule has 0 saturated carbocycles. The quantitative estimate of drug-likeness (QED) is 0.856. The van der Waals surface area contributed by atoms with Crippen LogP contribution in [-0.2, 0) is 15.8 Å². The Labute approximate surface area is 141 Å². The van der Waals surface area contributed by atoms with E-state index in [4.69, 9.17) is 23.2 Å². The molecule has 0 saturated heterocycles. The molecule has 118 valence electrons. The second-order valence-electron chi connectivity index (χ2n) is 5.21. The van der Waals surface area contributed by atoms with Gasteiger partial charge in [-0.1, -0.05) is 59.1 Å². The van der Waals surface area contributed by atoms with Gasteiger partial charge in [-0.3, -0.25) is 0 Å². The number of nitrogens with one attached hydrogen (secondary N) is 1. The van der Waals surface area contributed by atoms with Crippen LogP contribution in [0.2, 0.25) is 10.0 Å².